The Hall–Kier alpha value is -2.81. The van der Waals surface area contributed by atoms with Gasteiger partial charge in [-0.25, -0.2) is 17.2 Å². The summed E-state index contributed by atoms with van der Waals surface area (Å²) in [6, 6.07) is 9.69. The molecule has 0 fully saturated rings. The zero-order chi connectivity index (χ0) is 20.0. The van der Waals surface area contributed by atoms with Gasteiger partial charge in [0.1, 0.15) is 15.9 Å². The number of hydrogen-bond acceptors (Lipinski definition) is 4. The lowest BCUT2D eigenvalue weighted by Crippen LogP contribution is -2.44. The normalized spacial score (nSPS) is 12.3. The fourth-order valence-corrected chi connectivity index (χ4v) is 2.90. The number of benzene rings is 2. The van der Waals surface area contributed by atoms with Gasteiger partial charge in [-0.3, -0.25) is 9.59 Å². The van der Waals surface area contributed by atoms with E-state index < -0.39 is 39.3 Å². The quantitative estimate of drug-likeness (QED) is 0.750. The zero-order valence-corrected chi connectivity index (χ0v) is 15.2. The maximum atomic E-state index is 13.3. The van der Waals surface area contributed by atoms with Crippen molar-refractivity contribution < 1.29 is 26.8 Å². The first-order valence-electron chi connectivity index (χ1n) is 7.95. The summed E-state index contributed by atoms with van der Waals surface area (Å²) >= 11 is 0. The van der Waals surface area contributed by atoms with Gasteiger partial charge >= 0.3 is 0 Å². The third-order valence-corrected chi connectivity index (χ3v) is 4.60. The summed E-state index contributed by atoms with van der Waals surface area (Å²) in [5.74, 6) is -3.85. The van der Waals surface area contributed by atoms with Gasteiger partial charge in [0.15, 0.2) is 11.6 Å². The first kappa shape index (κ1) is 20.5. The van der Waals surface area contributed by atoms with Gasteiger partial charge in [0, 0.05) is 23.6 Å². The van der Waals surface area contributed by atoms with E-state index in [-0.39, 0.29) is 17.9 Å². The van der Waals surface area contributed by atoms with Gasteiger partial charge in [0.25, 0.3) is 5.91 Å². The van der Waals surface area contributed by atoms with Crippen molar-refractivity contribution in [2.75, 3.05) is 17.3 Å². The summed E-state index contributed by atoms with van der Waals surface area (Å²) in [6.45, 7) is 0. The summed E-state index contributed by atoms with van der Waals surface area (Å²) in [4.78, 5) is 24.7. The average molecular weight is 396 g/mol. The van der Waals surface area contributed by atoms with Crippen LogP contribution in [0.3, 0.4) is 0 Å². The Morgan fingerprint density at radius 3 is 2.30 bits per heavy atom. The van der Waals surface area contributed by atoms with Crippen LogP contribution in [0.4, 0.5) is 14.5 Å². The van der Waals surface area contributed by atoms with E-state index in [9.17, 15) is 26.8 Å². The number of sulfone groups is 1. The summed E-state index contributed by atoms with van der Waals surface area (Å²) in [6.07, 6.45) is 0.837. The molecular weight excluding hydrogens is 378 g/mol. The van der Waals surface area contributed by atoms with Gasteiger partial charge in [0.2, 0.25) is 5.91 Å². The molecule has 0 aliphatic carbocycles. The molecule has 2 N–H and O–H groups in total. The molecule has 0 aliphatic heterocycles. The Morgan fingerprint density at radius 2 is 1.70 bits per heavy atom. The number of nitrogens with one attached hydrogen (secondary N) is 2. The highest BCUT2D eigenvalue weighted by molar-refractivity contribution is 7.90. The Labute approximate surface area is 155 Å². The molecule has 2 rings (SSSR count). The van der Waals surface area contributed by atoms with Crippen LogP contribution in [0.1, 0.15) is 16.8 Å². The highest BCUT2D eigenvalue weighted by Crippen LogP contribution is 2.14. The van der Waals surface area contributed by atoms with Gasteiger partial charge in [-0.2, -0.15) is 0 Å². The van der Waals surface area contributed by atoms with Gasteiger partial charge < -0.3 is 10.6 Å². The molecule has 0 bridgehead atoms. The molecule has 2 amide bonds. The lowest BCUT2D eigenvalue weighted by molar-refractivity contribution is -0.118. The van der Waals surface area contributed by atoms with E-state index in [2.05, 4.69) is 10.6 Å². The lowest BCUT2D eigenvalue weighted by atomic mass is 10.1. The average Bonchev–Trinajstić information content (AvgIpc) is 2.61. The van der Waals surface area contributed by atoms with Crippen molar-refractivity contribution in [1.29, 1.82) is 0 Å². The smallest absolute Gasteiger partial charge is 0.251 e. The second kappa shape index (κ2) is 8.72. The van der Waals surface area contributed by atoms with Crippen LogP contribution < -0.4 is 10.6 Å². The highest BCUT2D eigenvalue weighted by Gasteiger charge is 2.23. The molecule has 0 spiro atoms. The number of amides is 2. The van der Waals surface area contributed by atoms with Crippen molar-refractivity contribution in [3.05, 3.63) is 65.7 Å². The highest BCUT2D eigenvalue weighted by atomic mass is 32.2. The molecule has 0 unspecified atom stereocenters. The van der Waals surface area contributed by atoms with Crippen LogP contribution in [0.5, 0.6) is 0 Å². The van der Waals surface area contributed by atoms with Gasteiger partial charge in [0.05, 0.1) is 5.75 Å². The summed E-state index contributed by atoms with van der Waals surface area (Å²) in [5.41, 5.74) is 0.277. The monoisotopic (exact) mass is 396 g/mol. The van der Waals surface area contributed by atoms with Gasteiger partial charge in [-0.05, 0) is 30.7 Å². The molecule has 0 radical (unpaired) electrons. The van der Waals surface area contributed by atoms with Crippen LogP contribution in [0.25, 0.3) is 0 Å². The van der Waals surface area contributed by atoms with Crippen molar-refractivity contribution >= 4 is 27.3 Å². The fourth-order valence-electron chi connectivity index (χ4n) is 2.24. The molecule has 0 saturated heterocycles. The van der Waals surface area contributed by atoms with E-state index in [0.29, 0.717) is 5.56 Å². The number of carbonyl (C=O) groups is 2. The second-order valence-corrected chi connectivity index (χ2v) is 8.19. The van der Waals surface area contributed by atoms with E-state index in [0.717, 1.165) is 24.5 Å². The fraction of sp³-hybridized carbons (Fsp3) is 0.222. The molecule has 9 heteroatoms. The van der Waals surface area contributed by atoms with Crippen LogP contribution >= 0.6 is 0 Å². The predicted molar refractivity (Wildman–Crippen MR) is 97.0 cm³/mol. The largest absolute Gasteiger partial charge is 0.340 e. The van der Waals surface area contributed by atoms with Crippen LogP contribution in [-0.2, 0) is 14.6 Å². The SMILES string of the molecule is CS(=O)(=O)CC[C@@H](NC(=O)c1ccccc1)C(=O)Nc1ccc(F)c(F)c1. The number of halogens is 2. The third kappa shape index (κ3) is 6.45. The Balaban J connectivity index is 2.15. The van der Waals surface area contributed by atoms with Crippen LogP contribution in [-0.4, -0.2) is 38.3 Å². The minimum absolute atomic E-state index is 0.0165. The van der Waals surface area contributed by atoms with Crippen molar-refractivity contribution in [2.24, 2.45) is 0 Å². The molecule has 144 valence electrons. The van der Waals surface area contributed by atoms with E-state index in [1.165, 1.54) is 12.1 Å². The topological polar surface area (TPSA) is 92.3 Å². The molecule has 0 aromatic heterocycles. The number of rotatable bonds is 7. The molecule has 27 heavy (non-hydrogen) atoms. The van der Waals surface area contributed by atoms with Gasteiger partial charge in [-0.1, -0.05) is 18.2 Å². The molecule has 0 aliphatic rings. The van der Waals surface area contributed by atoms with Gasteiger partial charge in [-0.15, -0.1) is 0 Å². The van der Waals surface area contributed by atoms with Crippen molar-refractivity contribution in [3.63, 3.8) is 0 Å². The lowest BCUT2D eigenvalue weighted by Gasteiger charge is -2.18. The maximum absolute atomic E-state index is 13.3. The van der Waals surface area contributed by atoms with Crippen molar-refractivity contribution in [3.8, 4) is 0 Å². The summed E-state index contributed by atoms with van der Waals surface area (Å²) < 4.78 is 49.1. The first-order chi connectivity index (χ1) is 12.7. The van der Waals surface area contributed by atoms with E-state index in [1.54, 1.807) is 18.2 Å². The standard InChI is InChI=1S/C18H18F2N2O4S/c1-27(25,26)10-9-16(22-17(23)12-5-3-2-4-6-12)18(24)21-13-7-8-14(19)15(20)11-13/h2-8,11,16H,9-10H2,1H3,(H,21,24)(H,22,23)/t16-/m1/s1. The number of anilines is 1. The molecule has 2 aromatic rings. The van der Waals surface area contributed by atoms with Crippen LogP contribution in [0, 0.1) is 11.6 Å². The summed E-state index contributed by atoms with van der Waals surface area (Å²) in [7, 11) is -3.38. The van der Waals surface area contributed by atoms with E-state index >= 15 is 0 Å². The molecule has 0 heterocycles. The molecule has 2 aromatic carbocycles. The second-order valence-electron chi connectivity index (χ2n) is 5.93. The van der Waals surface area contributed by atoms with Crippen molar-refractivity contribution in [1.82, 2.24) is 5.32 Å². The summed E-state index contributed by atoms with van der Waals surface area (Å²) in [5, 5.41) is 4.82. The minimum atomic E-state index is -3.38. The minimum Gasteiger partial charge on any atom is -0.340 e. The van der Waals surface area contributed by atoms with E-state index in [4.69, 9.17) is 0 Å². The predicted octanol–water partition coefficient (Wildman–Crippen LogP) is 2.14. The van der Waals surface area contributed by atoms with Crippen LogP contribution in [0.15, 0.2) is 48.5 Å². The van der Waals surface area contributed by atoms with E-state index in [1.807, 2.05) is 0 Å². The molecule has 0 saturated carbocycles. The number of carbonyl (C=O) groups excluding carboxylic acids is 2. The first-order valence-corrected chi connectivity index (χ1v) is 10.0. The Kier molecular flexibility index (Phi) is 6.62. The molecular formula is C18H18F2N2O4S. The van der Waals surface area contributed by atoms with Crippen LogP contribution in [0.2, 0.25) is 0 Å². The zero-order valence-electron chi connectivity index (χ0n) is 14.4. The number of hydrogen-bond donors (Lipinski definition) is 2. The maximum Gasteiger partial charge on any atom is 0.251 e. The molecule has 6 nitrogen and oxygen atoms in total. The Morgan fingerprint density at radius 1 is 1.04 bits per heavy atom. The Bertz CT molecular complexity index is 934. The third-order valence-electron chi connectivity index (χ3n) is 3.62. The van der Waals surface area contributed by atoms with Crippen molar-refractivity contribution in [2.45, 2.75) is 12.5 Å². The molecule has 1 atom stereocenters.